The lowest BCUT2D eigenvalue weighted by Gasteiger charge is -2.53. The monoisotopic (exact) mass is 313 g/mol. The number of rotatable bonds is 2. The van der Waals surface area contributed by atoms with E-state index in [-0.39, 0.29) is 24.0 Å². The molecule has 0 aromatic heterocycles. The van der Waals surface area contributed by atoms with Crippen LogP contribution >= 0.6 is 0 Å². The first-order valence-corrected chi connectivity index (χ1v) is 8.20. The Hall–Kier alpha value is -1.90. The lowest BCUT2D eigenvalue weighted by molar-refractivity contribution is -0.0601. The standard InChI is InChI=1S/C18H23N3O2/c1-20-9-2-7-18(13-22)8-10-21(12-16(18)20)17(23)15-5-3-14(11-19)4-6-15/h3-6,16,22H,2,7-10,12-13H2,1H3/t16-,18-/m1/s1. The SMILES string of the molecule is CN1CCC[C@]2(CO)CCN(C(=O)c3ccc(C#N)cc3)C[C@@H]12. The van der Waals surface area contributed by atoms with Gasteiger partial charge in [0.05, 0.1) is 18.2 Å². The second-order valence-corrected chi connectivity index (χ2v) is 6.81. The fraction of sp³-hybridized carbons (Fsp3) is 0.556. The summed E-state index contributed by atoms with van der Waals surface area (Å²) in [6.45, 7) is 2.56. The molecule has 2 saturated heterocycles. The van der Waals surface area contributed by atoms with Gasteiger partial charge in [-0.15, -0.1) is 0 Å². The van der Waals surface area contributed by atoms with Crippen LogP contribution in [0.15, 0.2) is 24.3 Å². The van der Waals surface area contributed by atoms with Crippen molar-refractivity contribution in [2.75, 3.05) is 33.3 Å². The Balaban J connectivity index is 1.77. The molecule has 0 radical (unpaired) electrons. The van der Waals surface area contributed by atoms with Gasteiger partial charge in [0.25, 0.3) is 5.91 Å². The Bertz CT molecular complexity index is 622. The maximum absolute atomic E-state index is 12.7. The topological polar surface area (TPSA) is 67.6 Å². The minimum absolute atomic E-state index is 0.0139. The highest BCUT2D eigenvalue weighted by atomic mass is 16.3. The van der Waals surface area contributed by atoms with E-state index < -0.39 is 0 Å². The first kappa shape index (κ1) is 16.0. The molecular formula is C18H23N3O2. The van der Waals surface area contributed by atoms with Crippen LogP contribution in [0.1, 0.15) is 35.2 Å². The van der Waals surface area contributed by atoms with Gasteiger partial charge in [-0.2, -0.15) is 5.26 Å². The molecule has 5 heteroatoms. The van der Waals surface area contributed by atoms with E-state index in [1.165, 1.54) is 0 Å². The number of fused-ring (bicyclic) bond motifs is 1. The third-order valence-electron chi connectivity index (χ3n) is 5.56. The number of hydrogen-bond donors (Lipinski definition) is 1. The lowest BCUT2D eigenvalue weighted by atomic mass is 9.69. The third-order valence-corrected chi connectivity index (χ3v) is 5.56. The van der Waals surface area contributed by atoms with Crippen molar-refractivity contribution in [3.05, 3.63) is 35.4 Å². The van der Waals surface area contributed by atoms with E-state index in [1.807, 2.05) is 4.90 Å². The molecule has 1 amide bonds. The van der Waals surface area contributed by atoms with Crippen LogP contribution in [0.4, 0.5) is 0 Å². The average molecular weight is 313 g/mol. The fourth-order valence-corrected chi connectivity index (χ4v) is 4.07. The van der Waals surface area contributed by atoms with Crippen molar-refractivity contribution in [1.29, 1.82) is 5.26 Å². The van der Waals surface area contributed by atoms with Crippen molar-refractivity contribution in [3.63, 3.8) is 0 Å². The Morgan fingerprint density at radius 1 is 1.35 bits per heavy atom. The van der Waals surface area contributed by atoms with Crippen LogP contribution in [-0.2, 0) is 0 Å². The highest BCUT2D eigenvalue weighted by Gasteiger charge is 2.47. The number of nitrogens with zero attached hydrogens (tertiary/aromatic N) is 3. The van der Waals surface area contributed by atoms with E-state index in [9.17, 15) is 9.90 Å². The number of aliphatic hydroxyl groups excluding tert-OH is 1. The van der Waals surface area contributed by atoms with Crippen molar-refractivity contribution < 1.29 is 9.90 Å². The van der Waals surface area contributed by atoms with Crippen LogP contribution in [0.5, 0.6) is 0 Å². The summed E-state index contributed by atoms with van der Waals surface area (Å²) in [7, 11) is 2.09. The number of nitriles is 1. The molecule has 5 nitrogen and oxygen atoms in total. The van der Waals surface area contributed by atoms with Crippen LogP contribution < -0.4 is 0 Å². The predicted octanol–water partition coefficient (Wildman–Crippen LogP) is 1.48. The van der Waals surface area contributed by atoms with Crippen LogP contribution in [0.25, 0.3) is 0 Å². The second-order valence-electron chi connectivity index (χ2n) is 6.81. The van der Waals surface area contributed by atoms with Gasteiger partial charge in [0.2, 0.25) is 0 Å². The number of likely N-dealkylation sites (tertiary alicyclic amines) is 2. The molecule has 0 spiro atoms. The van der Waals surface area contributed by atoms with Crippen LogP contribution in [0.2, 0.25) is 0 Å². The summed E-state index contributed by atoms with van der Waals surface area (Å²) in [5, 5.41) is 18.8. The molecule has 2 aliphatic rings. The van der Waals surface area contributed by atoms with Gasteiger partial charge in [0, 0.05) is 30.1 Å². The van der Waals surface area contributed by atoms with Gasteiger partial charge < -0.3 is 14.9 Å². The average Bonchev–Trinajstić information content (AvgIpc) is 2.61. The van der Waals surface area contributed by atoms with E-state index in [0.717, 1.165) is 25.8 Å². The molecule has 2 fully saturated rings. The molecular weight excluding hydrogens is 290 g/mol. The molecule has 2 heterocycles. The third kappa shape index (κ3) is 2.85. The van der Waals surface area contributed by atoms with E-state index in [4.69, 9.17) is 5.26 Å². The number of likely N-dealkylation sites (N-methyl/N-ethyl adjacent to an activating group) is 1. The van der Waals surface area contributed by atoms with Gasteiger partial charge in [-0.3, -0.25) is 4.79 Å². The molecule has 0 saturated carbocycles. The van der Waals surface area contributed by atoms with Crippen molar-refractivity contribution in [2.24, 2.45) is 5.41 Å². The summed E-state index contributed by atoms with van der Waals surface area (Å²) in [6.07, 6.45) is 3.00. The number of aliphatic hydroxyl groups is 1. The normalized spacial score (nSPS) is 28.0. The molecule has 23 heavy (non-hydrogen) atoms. The summed E-state index contributed by atoms with van der Waals surface area (Å²) in [5.41, 5.74) is 1.12. The number of amides is 1. The first-order valence-electron chi connectivity index (χ1n) is 8.20. The Labute approximate surface area is 137 Å². The molecule has 1 N–H and O–H groups in total. The Morgan fingerprint density at radius 2 is 2.09 bits per heavy atom. The van der Waals surface area contributed by atoms with Gasteiger partial charge in [-0.05, 0) is 57.1 Å². The summed E-state index contributed by atoms with van der Waals surface area (Å²) >= 11 is 0. The largest absolute Gasteiger partial charge is 0.396 e. The van der Waals surface area contributed by atoms with Crippen LogP contribution in [0.3, 0.4) is 0 Å². The van der Waals surface area contributed by atoms with Gasteiger partial charge in [0.15, 0.2) is 0 Å². The van der Waals surface area contributed by atoms with E-state index in [2.05, 4.69) is 18.0 Å². The quantitative estimate of drug-likeness (QED) is 0.898. The van der Waals surface area contributed by atoms with Gasteiger partial charge in [-0.1, -0.05) is 0 Å². The molecule has 3 rings (SSSR count). The summed E-state index contributed by atoms with van der Waals surface area (Å²) in [6, 6.07) is 9.10. The van der Waals surface area contributed by atoms with E-state index in [1.54, 1.807) is 24.3 Å². The summed E-state index contributed by atoms with van der Waals surface area (Å²) in [4.78, 5) is 16.9. The number of carbonyl (C=O) groups is 1. The molecule has 2 aliphatic heterocycles. The minimum Gasteiger partial charge on any atom is -0.396 e. The number of benzene rings is 1. The van der Waals surface area contributed by atoms with E-state index in [0.29, 0.717) is 24.2 Å². The zero-order chi connectivity index (χ0) is 16.4. The Kier molecular flexibility index (Phi) is 4.38. The molecule has 0 bridgehead atoms. The predicted molar refractivity (Wildman–Crippen MR) is 86.8 cm³/mol. The van der Waals surface area contributed by atoms with E-state index >= 15 is 0 Å². The van der Waals surface area contributed by atoms with Gasteiger partial charge in [0.1, 0.15) is 0 Å². The Morgan fingerprint density at radius 3 is 2.74 bits per heavy atom. The van der Waals surface area contributed by atoms with Crippen molar-refractivity contribution in [1.82, 2.24) is 9.80 Å². The van der Waals surface area contributed by atoms with Crippen LogP contribution in [0, 0.1) is 16.7 Å². The molecule has 0 aliphatic carbocycles. The number of hydrogen-bond acceptors (Lipinski definition) is 4. The van der Waals surface area contributed by atoms with Gasteiger partial charge >= 0.3 is 0 Å². The molecule has 1 aromatic rings. The van der Waals surface area contributed by atoms with Crippen LogP contribution in [-0.4, -0.2) is 60.1 Å². The smallest absolute Gasteiger partial charge is 0.253 e. The molecule has 2 atom stereocenters. The number of piperidine rings is 2. The zero-order valence-corrected chi connectivity index (χ0v) is 13.5. The lowest BCUT2D eigenvalue weighted by Crippen LogP contribution is -2.62. The highest BCUT2D eigenvalue weighted by Crippen LogP contribution is 2.41. The first-order chi connectivity index (χ1) is 11.1. The molecule has 0 unspecified atom stereocenters. The zero-order valence-electron chi connectivity index (χ0n) is 13.5. The fourth-order valence-electron chi connectivity index (χ4n) is 4.07. The minimum atomic E-state index is -0.0611. The van der Waals surface area contributed by atoms with Crippen molar-refractivity contribution >= 4 is 5.91 Å². The highest BCUT2D eigenvalue weighted by molar-refractivity contribution is 5.94. The second kappa shape index (κ2) is 6.31. The molecule has 1 aromatic carbocycles. The summed E-state index contributed by atoms with van der Waals surface area (Å²) < 4.78 is 0. The van der Waals surface area contributed by atoms with Gasteiger partial charge in [-0.25, -0.2) is 0 Å². The summed E-state index contributed by atoms with van der Waals surface area (Å²) in [5.74, 6) is 0.0139. The van der Waals surface area contributed by atoms with Crippen molar-refractivity contribution in [2.45, 2.75) is 25.3 Å². The number of carbonyl (C=O) groups excluding carboxylic acids is 1. The maximum atomic E-state index is 12.7. The maximum Gasteiger partial charge on any atom is 0.253 e. The molecule has 122 valence electrons. The van der Waals surface area contributed by atoms with Crippen molar-refractivity contribution in [3.8, 4) is 6.07 Å².